The fourth-order valence-electron chi connectivity index (χ4n) is 1.35. The summed E-state index contributed by atoms with van der Waals surface area (Å²) in [6.45, 7) is 5.34. The smallest absolute Gasteiger partial charge is 0.338 e. The summed E-state index contributed by atoms with van der Waals surface area (Å²) in [4.78, 5) is 11.4. The molecule has 1 N–H and O–H groups in total. The zero-order valence-electron chi connectivity index (χ0n) is 10.4. The second kappa shape index (κ2) is 8.88. The molecule has 1 aromatic rings. The molecule has 1 rings (SSSR count). The number of ether oxygens (including phenoxy) is 1. The van der Waals surface area contributed by atoms with Crippen LogP contribution in [-0.2, 0) is 4.74 Å². The van der Waals surface area contributed by atoms with Gasteiger partial charge in [-0.15, -0.1) is 12.4 Å². The quantitative estimate of drug-likeness (QED) is 0.626. The maximum Gasteiger partial charge on any atom is 0.338 e. The molecule has 0 radical (unpaired) electrons. The summed E-state index contributed by atoms with van der Waals surface area (Å²) in [6, 6.07) is 7.38. The third kappa shape index (κ3) is 5.59. The number of anilines is 1. The molecule has 0 saturated carbocycles. The molecule has 3 nitrogen and oxygen atoms in total. The zero-order valence-corrected chi connectivity index (χ0v) is 11.2. The summed E-state index contributed by atoms with van der Waals surface area (Å²) >= 11 is 0. The van der Waals surface area contributed by atoms with Gasteiger partial charge in [-0.05, 0) is 37.6 Å². The Morgan fingerprint density at radius 2 is 1.88 bits per heavy atom. The van der Waals surface area contributed by atoms with Crippen molar-refractivity contribution in [1.29, 1.82) is 0 Å². The van der Waals surface area contributed by atoms with Crippen molar-refractivity contribution in [3.8, 4) is 0 Å². The van der Waals surface area contributed by atoms with Gasteiger partial charge in [0.1, 0.15) is 0 Å². The lowest BCUT2D eigenvalue weighted by atomic mass is 10.2. The van der Waals surface area contributed by atoms with Crippen molar-refractivity contribution in [2.24, 2.45) is 0 Å². The molecule has 0 aliphatic rings. The molecule has 0 atom stereocenters. The van der Waals surface area contributed by atoms with Crippen LogP contribution in [0.1, 0.15) is 37.0 Å². The maximum absolute atomic E-state index is 11.4. The van der Waals surface area contributed by atoms with E-state index in [0.29, 0.717) is 12.2 Å². The van der Waals surface area contributed by atoms with Crippen molar-refractivity contribution in [3.63, 3.8) is 0 Å². The molecule has 0 fully saturated rings. The van der Waals surface area contributed by atoms with Gasteiger partial charge >= 0.3 is 5.97 Å². The zero-order chi connectivity index (χ0) is 11.8. The van der Waals surface area contributed by atoms with Crippen LogP contribution in [0.2, 0.25) is 0 Å². The highest BCUT2D eigenvalue weighted by molar-refractivity contribution is 5.89. The first-order valence-corrected chi connectivity index (χ1v) is 5.79. The second-order valence-electron chi connectivity index (χ2n) is 3.58. The summed E-state index contributed by atoms with van der Waals surface area (Å²) in [5.74, 6) is -0.261. The molecule has 0 amide bonds. The summed E-state index contributed by atoms with van der Waals surface area (Å²) < 4.78 is 4.91. The molecule has 0 spiro atoms. The highest BCUT2D eigenvalue weighted by Gasteiger charge is 2.04. The van der Waals surface area contributed by atoms with Crippen LogP contribution in [0.4, 0.5) is 5.69 Å². The molecule has 0 aliphatic carbocycles. The average molecular weight is 258 g/mol. The van der Waals surface area contributed by atoms with E-state index in [4.69, 9.17) is 4.74 Å². The molecule has 0 unspecified atom stereocenters. The van der Waals surface area contributed by atoms with Gasteiger partial charge in [-0.2, -0.15) is 0 Å². The number of hydrogen-bond donors (Lipinski definition) is 1. The molecule has 1 aromatic carbocycles. The van der Waals surface area contributed by atoms with E-state index in [1.165, 1.54) is 6.42 Å². The number of hydrogen-bond acceptors (Lipinski definition) is 3. The highest BCUT2D eigenvalue weighted by atomic mass is 35.5. The molecule has 0 heterocycles. The third-order valence-electron chi connectivity index (χ3n) is 2.26. The topological polar surface area (TPSA) is 38.3 Å². The van der Waals surface area contributed by atoms with E-state index in [2.05, 4.69) is 12.2 Å². The van der Waals surface area contributed by atoms with Gasteiger partial charge in [0.05, 0.1) is 12.2 Å². The van der Waals surface area contributed by atoms with E-state index in [1.807, 2.05) is 12.1 Å². The molecule has 0 saturated heterocycles. The first-order chi connectivity index (χ1) is 7.77. The summed E-state index contributed by atoms with van der Waals surface area (Å²) in [5, 5.41) is 3.29. The minimum Gasteiger partial charge on any atom is -0.462 e. The fourth-order valence-corrected chi connectivity index (χ4v) is 1.35. The summed E-state index contributed by atoms with van der Waals surface area (Å²) in [7, 11) is 0. The molecule has 4 heteroatoms. The third-order valence-corrected chi connectivity index (χ3v) is 2.26. The standard InChI is InChI=1S/C13H19NO2.ClH/c1-3-5-10-14-12-8-6-11(7-9-12)13(15)16-4-2;/h6-9,14H,3-5,10H2,1-2H3;1H. The number of nitrogens with one attached hydrogen (secondary N) is 1. The van der Waals surface area contributed by atoms with E-state index in [0.717, 1.165) is 18.7 Å². The Balaban J connectivity index is 0.00000256. The van der Waals surface area contributed by atoms with Gasteiger partial charge in [-0.3, -0.25) is 0 Å². The molecule has 0 aliphatic heterocycles. The first-order valence-electron chi connectivity index (χ1n) is 5.79. The van der Waals surface area contributed by atoms with Gasteiger partial charge in [-0.1, -0.05) is 13.3 Å². The van der Waals surface area contributed by atoms with Crippen molar-refractivity contribution in [1.82, 2.24) is 0 Å². The maximum atomic E-state index is 11.4. The van der Waals surface area contributed by atoms with Crippen LogP contribution in [0.25, 0.3) is 0 Å². The summed E-state index contributed by atoms with van der Waals surface area (Å²) in [6.07, 6.45) is 2.33. The van der Waals surface area contributed by atoms with Gasteiger partial charge in [0.2, 0.25) is 0 Å². The van der Waals surface area contributed by atoms with Crippen molar-refractivity contribution < 1.29 is 9.53 Å². The van der Waals surface area contributed by atoms with Crippen molar-refractivity contribution in [3.05, 3.63) is 29.8 Å². The lowest BCUT2D eigenvalue weighted by Crippen LogP contribution is -2.05. The van der Waals surface area contributed by atoms with E-state index < -0.39 is 0 Å². The average Bonchev–Trinajstić information content (AvgIpc) is 2.30. The van der Waals surface area contributed by atoms with Gasteiger partial charge < -0.3 is 10.1 Å². The molecule has 17 heavy (non-hydrogen) atoms. The molecule has 0 aromatic heterocycles. The van der Waals surface area contributed by atoms with Gasteiger partial charge in [-0.25, -0.2) is 4.79 Å². The Hall–Kier alpha value is -1.22. The normalized spacial score (nSPS) is 9.29. The van der Waals surface area contributed by atoms with Gasteiger partial charge in [0.15, 0.2) is 0 Å². The summed E-state index contributed by atoms with van der Waals surface area (Å²) in [5.41, 5.74) is 1.64. The Labute approximate surface area is 109 Å². The lowest BCUT2D eigenvalue weighted by molar-refractivity contribution is 0.0526. The number of carbonyl (C=O) groups is 1. The predicted octanol–water partition coefficient (Wildman–Crippen LogP) is 3.50. The van der Waals surface area contributed by atoms with Crippen molar-refractivity contribution in [2.45, 2.75) is 26.7 Å². The number of carbonyl (C=O) groups excluding carboxylic acids is 1. The van der Waals surface area contributed by atoms with Crippen LogP contribution < -0.4 is 5.32 Å². The predicted molar refractivity (Wildman–Crippen MR) is 73.0 cm³/mol. The Morgan fingerprint density at radius 1 is 1.24 bits per heavy atom. The number of esters is 1. The van der Waals surface area contributed by atoms with Gasteiger partial charge in [0.25, 0.3) is 0 Å². The number of unbranched alkanes of at least 4 members (excludes halogenated alkanes) is 1. The second-order valence-corrected chi connectivity index (χ2v) is 3.58. The number of halogens is 1. The highest BCUT2D eigenvalue weighted by Crippen LogP contribution is 2.10. The number of benzene rings is 1. The monoisotopic (exact) mass is 257 g/mol. The molecular weight excluding hydrogens is 238 g/mol. The Morgan fingerprint density at radius 3 is 2.41 bits per heavy atom. The van der Waals surface area contributed by atoms with E-state index in [9.17, 15) is 4.79 Å². The van der Waals surface area contributed by atoms with Crippen LogP contribution in [0.15, 0.2) is 24.3 Å². The molecule has 96 valence electrons. The van der Waals surface area contributed by atoms with Gasteiger partial charge in [0, 0.05) is 12.2 Å². The van der Waals surface area contributed by atoms with E-state index >= 15 is 0 Å². The Kier molecular flexibility index (Phi) is 8.24. The minimum atomic E-state index is -0.261. The van der Waals surface area contributed by atoms with Crippen LogP contribution >= 0.6 is 12.4 Å². The van der Waals surface area contributed by atoms with Crippen LogP contribution in [0.3, 0.4) is 0 Å². The van der Waals surface area contributed by atoms with Crippen molar-refractivity contribution in [2.75, 3.05) is 18.5 Å². The van der Waals surface area contributed by atoms with Crippen LogP contribution in [0, 0.1) is 0 Å². The Bertz CT molecular complexity index is 325. The van der Waals surface area contributed by atoms with E-state index in [1.54, 1.807) is 19.1 Å². The van der Waals surface area contributed by atoms with E-state index in [-0.39, 0.29) is 18.4 Å². The minimum absolute atomic E-state index is 0. The molecule has 0 bridgehead atoms. The first kappa shape index (κ1) is 15.8. The fraction of sp³-hybridized carbons (Fsp3) is 0.462. The van der Waals surface area contributed by atoms with Crippen molar-refractivity contribution >= 4 is 24.1 Å². The number of rotatable bonds is 6. The largest absolute Gasteiger partial charge is 0.462 e. The SMILES string of the molecule is CCCCNc1ccc(C(=O)OCC)cc1.Cl. The molecular formula is C13H20ClNO2. The van der Waals surface area contributed by atoms with Crippen LogP contribution in [0.5, 0.6) is 0 Å². The van der Waals surface area contributed by atoms with Crippen LogP contribution in [-0.4, -0.2) is 19.1 Å². The lowest BCUT2D eigenvalue weighted by Gasteiger charge is -2.06.